The van der Waals surface area contributed by atoms with Crippen LogP contribution in [-0.2, 0) is 6.54 Å². The molecule has 1 amide bonds. The fourth-order valence-corrected chi connectivity index (χ4v) is 2.30. The molecule has 0 aliphatic rings. The SMILES string of the molecule is COc1cc(OC)cc(C(=O)Nc2ccc(NCc3ccccn3)nn2)c1. The van der Waals surface area contributed by atoms with Crippen LogP contribution >= 0.6 is 0 Å². The van der Waals surface area contributed by atoms with Gasteiger partial charge in [-0.3, -0.25) is 9.78 Å². The van der Waals surface area contributed by atoms with Gasteiger partial charge in [-0.25, -0.2) is 0 Å². The van der Waals surface area contributed by atoms with Crippen LogP contribution in [0.15, 0.2) is 54.7 Å². The summed E-state index contributed by atoms with van der Waals surface area (Å²) in [5, 5.41) is 13.9. The van der Waals surface area contributed by atoms with E-state index in [0.717, 1.165) is 5.69 Å². The Morgan fingerprint density at radius 2 is 1.67 bits per heavy atom. The Balaban J connectivity index is 1.63. The molecule has 0 saturated carbocycles. The molecule has 0 atom stereocenters. The molecule has 8 heteroatoms. The Labute approximate surface area is 156 Å². The van der Waals surface area contributed by atoms with Crippen molar-refractivity contribution in [3.05, 3.63) is 66.0 Å². The number of carbonyl (C=O) groups is 1. The van der Waals surface area contributed by atoms with E-state index in [1.54, 1.807) is 36.5 Å². The van der Waals surface area contributed by atoms with Gasteiger partial charge in [-0.05, 0) is 36.4 Å². The van der Waals surface area contributed by atoms with E-state index in [1.165, 1.54) is 14.2 Å². The maximum Gasteiger partial charge on any atom is 0.257 e. The molecule has 0 fully saturated rings. The van der Waals surface area contributed by atoms with E-state index < -0.39 is 0 Å². The topological polar surface area (TPSA) is 98.3 Å². The molecule has 2 N–H and O–H groups in total. The van der Waals surface area contributed by atoms with Crippen LogP contribution in [0.25, 0.3) is 0 Å². The molecule has 0 unspecified atom stereocenters. The van der Waals surface area contributed by atoms with E-state index in [1.807, 2.05) is 18.2 Å². The summed E-state index contributed by atoms with van der Waals surface area (Å²) >= 11 is 0. The molecule has 8 nitrogen and oxygen atoms in total. The van der Waals surface area contributed by atoms with Crippen LogP contribution in [0.4, 0.5) is 11.6 Å². The normalized spacial score (nSPS) is 10.1. The summed E-state index contributed by atoms with van der Waals surface area (Å²) < 4.78 is 10.4. The number of nitrogens with zero attached hydrogens (tertiary/aromatic N) is 3. The zero-order valence-corrected chi connectivity index (χ0v) is 15.0. The van der Waals surface area contributed by atoms with E-state index in [0.29, 0.717) is 35.2 Å². The largest absolute Gasteiger partial charge is 0.497 e. The van der Waals surface area contributed by atoms with E-state index in [-0.39, 0.29) is 5.91 Å². The Morgan fingerprint density at radius 3 is 2.26 bits per heavy atom. The number of nitrogens with one attached hydrogen (secondary N) is 2. The second kappa shape index (κ2) is 8.61. The van der Waals surface area contributed by atoms with Crippen molar-refractivity contribution in [1.82, 2.24) is 15.2 Å². The quantitative estimate of drug-likeness (QED) is 0.664. The molecule has 27 heavy (non-hydrogen) atoms. The Bertz CT molecular complexity index is 879. The third-order valence-electron chi connectivity index (χ3n) is 3.70. The monoisotopic (exact) mass is 365 g/mol. The van der Waals surface area contributed by atoms with Crippen LogP contribution in [0.2, 0.25) is 0 Å². The Morgan fingerprint density at radius 1 is 0.963 bits per heavy atom. The van der Waals surface area contributed by atoms with Crippen molar-refractivity contribution >= 4 is 17.5 Å². The highest BCUT2D eigenvalue weighted by Crippen LogP contribution is 2.23. The second-order valence-corrected chi connectivity index (χ2v) is 5.53. The molecule has 0 aliphatic heterocycles. The van der Waals surface area contributed by atoms with Crippen molar-refractivity contribution in [2.45, 2.75) is 6.54 Å². The number of carbonyl (C=O) groups excluding carboxylic acids is 1. The summed E-state index contributed by atoms with van der Waals surface area (Å²) in [5.74, 6) is 1.64. The third kappa shape index (κ3) is 4.91. The maximum absolute atomic E-state index is 12.4. The molecule has 2 aromatic heterocycles. The van der Waals surface area contributed by atoms with E-state index >= 15 is 0 Å². The van der Waals surface area contributed by atoms with Gasteiger partial charge in [0.1, 0.15) is 17.3 Å². The lowest BCUT2D eigenvalue weighted by Gasteiger charge is -2.09. The first-order chi connectivity index (χ1) is 13.2. The van der Waals surface area contributed by atoms with Crippen molar-refractivity contribution in [2.24, 2.45) is 0 Å². The smallest absolute Gasteiger partial charge is 0.257 e. The summed E-state index contributed by atoms with van der Waals surface area (Å²) in [5.41, 5.74) is 1.29. The summed E-state index contributed by atoms with van der Waals surface area (Å²) in [6, 6.07) is 14.0. The van der Waals surface area contributed by atoms with Gasteiger partial charge >= 0.3 is 0 Å². The summed E-state index contributed by atoms with van der Waals surface area (Å²) in [6.45, 7) is 0.533. The lowest BCUT2D eigenvalue weighted by Crippen LogP contribution is -2.14. The van der Waals surface area contributed by atoms with Crippen LogP contribution in [-0.4, -0.2) is 35.3 Å². The minimum Gasteiger partial charge on any atom is -0.497 e. The number of aromatic nitrogens is 3. The Hall–Kier alpha value is -3.68. The van der Waals surface area contributed by atoms with Crippen LogP contribution in [0, 0.1) is 0 Å². The van der Waals surface area contributed by atoms with Crippen LogP contribution in [0.3, 0.4) is 0 Å². The number of hydrogen-bond donors (Lipinski definition) is 2. The highest BCUT2D eigenvalue weighted by molar-refractivity contribution is 6.04. The number of hydrogen-bond acceptors (Lipinski definition) is 7. The maximum atomic E-state index is 12.4. The number of amides is 1. The summed E-state index contributed by atoms with van der Waals surface area (Å²) in [6.07, 6.45) is 1.73. The number of benzene rings is 1. The molecule has 0 radical (unpaired) electrons. The van der Waals surface area contributed by atoms with Crippen LogP contribution < -0.4 is 20.1 Å². The molecular formula is C19H19N5O3. The standard InChI is InChI=1S/C19H19N5O3/c1-26-15-9-13(10-16(11-15)27-2)19(25)22-18-7-6-17(23-24-18)21-12-14-5-3-4-8-20-14/h3-11H,12H2,1-2H3,(H,21,23)(H,22,24,25). The second-order valence-electron chi connectivity index (χ2n) is 5.53. The average molecular weight is 365 g/mol. The van der Waals surface area contributed by atoms with Crippen LogP contribution in [0.5, 0.6) is 11.5 Å². The fraction of sp³-hybridized carbons (Fsp3) is 0.158. The minimum atomic E-state index is -0.337. The van der Waals surface area contributed by atoms with Gasteiger partial charge in [0.25, 0.3) is 5.91 Å². The van der Waals surface area contributed by atoms with Crippen molar-refractivity contribution in [3.8, 4) is 11.5 Å². The third-order valence-corrected chi connectivity index (χ3v) is 3.70. The lowest BCUT2D eigenvalue weighted by atomic mass is 10.2. The zero-order chi connectivity index (χ0) is 19.1. The highest BCUT2D eigenvalue weighted by atomic mass is 16.5. The first-order valence-electron chi connectivity index (χ1n) is 8.20. The lowest BCUT2D eigenvalue weighted by molar-refractivity contribution is 0.102. The zero-order valence-electron chi connectivity index (χ0n) is 15.0. The number of ether oxygens (including phenoxy) is 2. The minimum absolute atomic E-state index is 0.337. The predicted octanol–water partition coefficient (Wildman–Crippen LogP) is 2.75. The van der Waals surface area contributed by atoms with Crippen molar-refractivity contribution in [1.29, 1.82) is 0 Å². The number of pyridine rings is 1. The van der Waals surface area contributed by atoms with Crippen molar-refractivity contribution < 1.29 is 14.3 Å². The molecule has 2 heterocycles. The van der Waals surface area contributed by atoms with Gasteiger partial charge in [-0.1, -0.05) is 6.07 Å². The fourth-order valence-electron chi connectivity index (χ4n) is 2.30. The molecule has 0 bridgehead atoms. The molecular weight excluding hydrogens is 346 g/mol. The number of anilines is 2. The first-order valence-corrected chi connectivity index (χ1v) is 8.20. The van der Waals surface area contributed by atoms with Crippen LogP contribution in [0.1, 0.15) is 16.1 Å². The summed E-state index contributed by atoms with van der Waals surface area (Å²) in [7, 11) is 3.05. The van der Waals surface area contributed by atoms with E-state index in [2.05, 4.69) is 25.8 Å². The van der Waals surface area contributed by atoms with Gasteiger partial charge in [0.2, 0.25) is 0 Å². The Kier molecular flexibility index (Phi) is 5.78. The van der Waals surface area contributed by atoms with Gasteiger partial charge in [-0.2, -0.15) is 0 Å². The molecule has 138 valence electrons. The molecule has 1 aromatic carbocycles. The highest BCUT2D eigenvalue weighted by Gasteiger charge is 2.11. The van der Waals surface area contributed by atoms with Gasteiger partial charge < -0.3 is 20.1 Å². The van der Waals surface area contributed by atoms with Gasteiger partial charge in [0.15, 0.2) is 5.82 Å². The van der Waals surface area contributed by atoms with Gasteiger partial charge in [0, 0.05) is 17.8 Å². The molecule has 0 saturated heterocycles. The molecule has 0 spiro atoms. The van der Waals surface area contributed by atoms with Crippen molar-refractivity contribution in [3.63, 3.8) is 0 Å². The molecule has 3 aromatic rings. The molecule has 3 rings (SSSR count). The van der Waals surface area contributed by atoms with Gasteiger partial charge in [0.05, 0.1) is 26.5 Å². The van der Waals surface area contributed by atoms with Crippen molar-refractivity contribution in [2.75, 3.05) is 24.9 Å². The average Bonchev–Trinajstić information content (AvgIpc) is 2.73. The molecule has 0 aliphatic carbocycles. The first kappa shape index (κ1) is 18.1. The number of methoxy groups -OCH3 is 2. The van der Waals surface area contributed by atoms with E-state index in [9.17, 15) is 4.79 Å². The van der Waals surface area contributed by atoms with E-state index in [4.69, 9.17) is 9.47 Å². The number of rotatable bonds is 7. The van der Waals surface area contributed by atoms with Gasteiger partial charge in [-0.15, -0.1) is 10.2 Å². The summed E-state index contributed by atoms with van der Waals surface area (Å²) in [4.78, 5) is 16.7. The predicted molar refractivity (Wildman–Crippen MR) is 101 cm³/mol.